The zero-order chi connectivity index (χ0) is 15.9. The van der Waals surface area contributed by atoms with E-state index in [-0.39, 0.29) is 18.9 Å². The van der Waals surface area contributed by atoms with Crippen LogP contribution in [0.15, 0.2) is 16.9 Å². The third-order valence-electron chi connectivity index (χ3n) is 3.20. The highest BCUT2D eigenvalue weighted by Crippen LogP contribution is 2.28. The van der Waals surface area contributed by atoms with Crippen molar-refractivity contribution in [1.29, 1.82) is 0 Å². The second kappa shape index (κ2) is 5.36. The fourth-order valence-corrected chi connectivity index (χ4v) is 2.69. The minimum absolute atomic E-state index is 0.119. The van der Waals surface area contributed by atoms with Gasteiger partial charge in [-0.1, -0.05) is 0 Å². The second-order valence-corrected chi connectivity index (χ2v) is 6.68. The molecule has 0 unspecified atom stereocenters. The van der Waals surface area contributed by atoms with Crippen molar-refractivity contribution in [3.05, 3.63) is 22.7 Å². The van der Waals surface area contributed by atoms with Crippen molar-refractivity contribution < 1.29 is 9.90 Å². The molecule has 8 heteroatoms. The van der Waals surface area contributed by atoms with Gasteiger partial charge in [0.2, 0.25) is 5.91 Å². The predicted octanol–water partition coefficient (Wildman–Crippen LogP) is 1.63. The number of carbonyl (C=O) groups excluding carboxylic acids is 1. The molecular formula is C14H16BrN5O2. The van der Waals surface area contributed by atoms with E-state index in [4.69, 9.17) is 0 Å². The Labute approximate surface area is 134 Å². The molecule has 0 fully saturated rings. The first-order chi connectivity index (χ1) is 10.3. The molecule has 0 aliphatic carbocycles. The van der Waals surface area contributed by atoms with Crippen molar-refractivity contribution in [3.8, 4) is 0 Å². The van der Waals surface area contributed by atoms with Gasteiger partial charge in [-0.05, 0) is 29.8 Å². The fraction of sp³-hybridized carbons (Fsp3) is 0.357. The lowest BCUT2D eigenvalue weighted by Gasteiger charge is -2.17. The zero-order valence-corrected chi connectivity index (χ0v) is 13.8. The first-order valence-electron chi connectivity index (χ1n) is 6.83. The van der Waals surface area contributed by atoms with Gasteiger partial charge in [0.15, 0.2) is 0 Å². The zero-order valence-electron chi connectivity index (χ0n) is 12.2. The first kappa shape index (κ1) is 15.0. The molecule has 3 rings (SSSR count). The Bertz CT molecular complexity index is 846. The summed E-state index contributed by atoms with van der Waals surface area (Å²) in [5.74, 6) is 0.365. The number of rotatable bonds is 4. The van der Waals surface area contributed by atoms with E-state index in [1.807, 2.05) is 6.20 Å². The number of amides is 1. The molecule has 7 nitrogen and oxygen atoms in total. The topological polar surface area (TPSA) is 107 Å². The quantitative estimate of drug-likeness (QED) is 0.563. The van der Waals surface area contributed by atoms with Gasteiger partial charge in [-0.25, -0.2) is 9.97 Å². The van der Waals surface area contributed by atoms with Crippen molar-refractivity contribution in [2.24, 2.45) is 0 Å². The van der Waals surface area contributed by atoms with Crippen LogP contribution in [0.5, 0.6) is 0 Å². The highest BCUT2D eigenvalue weighted by atomic mass is 79.9. The van der Waals surface area contributed by atoms with Gasteiger partial charge in [0.25, 0.3) is 0 Å². The standard InChI is InChI=1S/C14H16BrN5O2/c1-14(2,22)6-18-10(21)3-9-19-8-5-17-13-11(12(8)20-9)7(15)4-16-13/h4-5,22H,3,6H2,1-2H3,(H,16,17)(H,18,21)(H,19,20). The number of halogens is 1. The van der Waals surface area contributed by atoms with Crippen LogP contribution in [0.1, 0.15) is 19.7 Å². The van der Waals surface area contributed by atoms with Crippen molar-refractivity contribution in [3.63, 3.8) is 0 Å². The van der Waals surface area contributed by atoms with E-state index in [1.54, 1.807) is 20.0 Å². The van der Waals surface area contributed by atoms with Crippen molar-refractivity contribution in [1.82, 2.24) is 25.3 Å². The number of nitrogens with zero attached hydrogens (tertiary/aromatic N) is 2. The molecule has 116 valence electrons. The number of H-pyrrole nitrogens is 2. The minimum Gasteiger partial charge on any atom is -0.389 e. The summed E-state index contributed by atoms with van der Waals surface area (Å²) in [6.07, 6.45) is 3.59. The summed E-state index contributed by atoms with van der Waals surface area (Å²) in [4.78, 5) is 26.8. The summed E-state index contributed by atoms with van der Waals surface area (Å²) >= 11 is 3.47. The molecule has 0 radical (unpaired) electrons. The summed E-state index contributed by atoms with van der Waals surface area (Å²) in [5.41, 5.74) is 1.36. The van der Waals surface area contributed by atoms with Crippen molar-refractivity contribution in [2.75, 3.05) is 6.54 Å². The van der Waals surface area contributed by atoms with Gasteiger partial charge in [-0.3, -0.25) is 4.79 Å². The van der Waals surface area contributed by atoms with Gasteiger partial charge in [0, 0.05) is 17.2 Å². The molecule has 22 heavy (non-hydrogen) atoms. The molecule has 3 aromatic rings. The van der Waals surface area contributed by atoms with Gasteiger partial charge in [-0.15, -0.1) is 0 Å². The molecular weight excluding hydrogens is 350 g/mol. The summed E-state index contributed by atoms with van der Waals surface area (Å²) in [5, 5.41) is 13.2. The number of imidazole rings is 1. The number of aliphatic hydroxyl groups is 1. The van der Waals surface area contributed by atoms with E-state index in [0.717, 1.165) is 21.0 Å². The van der Waals surface area contributed by atoms with Crippen LogP contribution >= 0.6 is 15.9 Å². The molecule has 4 N–H and O–H groups in total. The summed E-state index contributed by atoms with van der Waals surface area (Å²) in [6.45, 7) is 3.47. The van der Waals surface area contributed by atoms with Gasteiger partial charge in [0.1, 0.15) is 17.0 Å². The monoisotopic (exact) mass is 365 g/mol. The second-order valence-electron chi connectivity index (χ2n) is 5.83. The van der Waals surface area contributed by atoms with E-state index >= 15 is 0 Å². The first-order valence-corrected chi connectivity index (χ1v) is 7.62. The Morgan fingerprint density at radius 3 is 3.00 bits per heavy atom. The smallest absolute Gasteiger partial charge is 0.227 e. The minimum atomic E-state index is -0.935. The van der Waals surface area contributed by atoms with Crippen LogP contribution in [0.4, 0.5) is 0 Å². The number of nitrogens with one attached hydrogen (secondary N) is 3. The van der Waals surface area contributed by atoms with Gasteiger partial charge >= 0.3 is 0 Å². The number of pyridine rings is 1. The number of aromatic nitrogens is 4. The molecule has 3 aromatic heterocycles. The Morgan fingerprint density at radius 1 is 1.50 bits per heavy atom. The van der Waals surface area contributed by atoms with Crippen LogP contribution in [0, 0.1) is 0 Å². The van der Waals surface area contributed by atoms with Crippen molar-refractivity contribution >= 4 is 43.9 Å². The van der Waals surface area contributed by atoms with Gasteiger partial charge < -0.3 is 20.4 Å². The highest BCUT2D eigenvalue weighted by molar-refractivity contribution is 9.10. The fourth-order valence-electron chi connectivity index (χ4n) is 2.19. The van der Waals surface area contributed by atoms with E-state index in [9.17, 15) is 9.90 Å². The largest absolute Gasteiger partial charge is 0.389 e. The molecule has 0 bridgehead atoms. The third kappa shape index (κ3) is 2.97. The molecule has 3 heterocycles. The van der Waals surface area contributed by atoms with E-state index < -0.39 is 5.60 Å². The number of hydrogen-bond acceptors (Lipinski definition) is 4. The number of hydrogen-bond donors (Lipinski definition) is 4. The average Bonchev–Trinajstić information content (AvgIpc) is 2.98. The molecule has 0 aliphatic rings. The van der Waals surface area contributed by atoms with E-state index in [0.29, 0.717) is 11.3 Å². The van der Waals surface area contributed by atoms with Crippen LogP contribution in [0.25, 0.3) is 22.1 Å². The molecule has 1 amide bonds. The molecule has 0 aliphatic heterocycles. The molecule has 0 saturated carbocycles. The van der Waals surface area contributed by atoms with E-state index in [2.05, 4.69) is 41.2 Å². The maximum Gasteiger partial charge on any atom is 0.227 e. The van der Waals surface area contributed by atoms with Crippen molar-refractivity contribution in [2.45, 2.75) is 25.9 Å². The lowest BCUT2D eigenvalue weighted by molar-refractivity contribution is -0.121. The van der Waals surface area contributed by atoms with Crippen LogP contribution in [-0.2, 0) is 11.2 Å². The number of aromatic amines is 2. The number of fused-ring (bicyclic) bond motifs is 3. The Balaban J connectivity index is 1.85. The maximum absolute atomic E-state index is 11.9. The van der Waals surface area contributed by atoms with Gasteiger partial charge in [-0.2, -0.15) is 0 Å². The van der Waals surface area contributed by atoms with Crippen LogP contribution in [0.3, 0.4) is 0 Å². The lowest BCUT2D eigenvalue weighted by atomic mass is 10.1. The summed E-state index contributed by atoms with van der Waals surface area (Å²) in [7, 11) is 0. The van der Waals surface area contributed by atoms with Crippen LogP contribution in [-0.4, -0.2) is 43.1 Å². The molecule has 0 atom stereocenters. The van der Waals surface area contributed by atoms with E-state index in [1.165, 1.54) is 0 Å². The van der Waals surface area contributed by atoms with Crippen LogP contribution in [0.2, 0.25) is 0 Å². The SMILES string of the molecule is CC(C)(O)CNC(=O)Cc1nc2cnc3[nH]cc(Br)c3c2[nH]1. The number of carbonyl (C=O) groups is 1. The molecule has 0 spiro atoms. The highest BCUT2D eigenvalue weighted by Gasteiger charge is 2.16. The summed E-state index contributed by atoms with van der Waals surface area (Å²) < 4.78 is 0.891. The van der Waals surface area contributed by atoms with Gasteiger partial charge in [0.05, 0.1) is 29.1 Å². The lowest BCUT2D eigenvalue weighted by Crippen LogP contribution is -2.38. The predicted molar refractivity (Wildman–Crippen MR) is 86.5 cm³/mol. The normalized spacial score (nSPS) is 12.2. The maximum atomic E-state index is 11.9. The Kier molecular flexibility index (Phi) is 3.65. The third-order valence-corrected chi connectivity index (χ3v) is 3.83. The Morgan fingerprint density at radius 2 is 2.27 bits per heavy atom. The van der Waals surface area contributed by atoms with Crippen LogP contribution < -0.4 is 5.32 Å². The average molecular weight is 366 g/mol. The molecule has 0 saturated heterocycles. The Hall–Kier alpha value is -1.93. The summed E-state index contributed by atoms with van der Waals surface area (Å²) in [6, 6.07) is 0. The molecule has 0 aromatic carbocycles.